The van der Waals surface area contributed by atoms with Crippen molar-refractivity contribution >= 4 is 47.0 Å². The predicted octanol–water partition coefficient (Wildman–Crippen LogP) is 5.72. The van der Waals surface area contributed by atoms with Crippen molar-refractivity contribution < 1.29 is 28.7 Å². The number of nitrogens with zero attached hydrogens (tertiary/aromatic N) is 5. The van der Waals surface area contributed by atoms with Gasteiger partial charge in [-0.2, -0.15) is 5.26 Å². The van der Waals surface area contributed by atoms with E-state index in [4.69, 9.17) is 21.3 Å². The summed E-state index contributed by atoms with van der Waals surface area (Å²) in [7, 11) is 0. The number of nitriles is 1. The lowest BCUT2D eigenvalue weighted by Gasteiger charge is -2.63. The molecule has 0 bridgehead atoms. The van der Waals surface area contributed by atoms with Gasteiger partial charge >= 0.3 is 0 Å². The second kappa shape index (κ2) is 15.7. The van der Waals surface area contributed by atoms with Gasteiger partial charge in [0.25, 0.3) is 17.7 Å². The van der Waals surface area contributed by atoms with Gasteiger partial charge in [-0.25, -0.2) is 4.98 Å². The van der Waals surface area contributed by atoms with Crippen LogP contribution in [0, 0.1) is 28.1 Å². The number of imide groups is 2. The number of amides is 5. The molecule has 5 heterocycles. The third kappa shape index (κ3) is 7.57. The quantitative estimate of drug-likeness (QED) is 0.256. The lowest BCUT2D eigenvalue weighted by atomic mass is 9.49. The van der Waals surface area contributed by atoms with Crippen LogP contribution in [0.3, 0.4) is 0 Å². The molecular weight excluding hydrogens is 770 g/mol. The minimum absolute atomic E-state index is 0.0956. The van der Waals surface area contributed by atoms with E-state index in [0.29, 0.717) is 38.9 Å². The van der Waals surface area contributed by atoms with Crippen LogP contribution >= 0.6 is 11.6 Å². The Labute approximate surface area is 349 Å². The zero-order chi connectivity index (χ0) is 41.8. The Morgan fingerprint density at radius 3 is 2.27 bits per heavy atom. The summed E-state index contributed by atoms with van der Waals surface area (Å²) >= 11 is 6.25. The number of ether oxygens (including phenoxy) is 1. The molecule has 4 aliphatic heterocycles. The molecule has 4 fully saturated rings. The van der Waals surface area contributed by atoms with Crippen LogP contribution in [0.5, 0.6) is 5.75 Å². The first-order valence-electron chi connectivity index (χ1n) is 20.6. The van der Waals surface area contributed by atoms with E-state index >= 15 is 0 Å². The number of likely N-dealkylation sites (tertiary alicyclic amines) is 1. The summed E-state index contributed by atoms with van der Waals surface area (Å²) in [5.74, 6) is 0.208. The molecular formula is C45H50ClN7O6. The van der Waals surface area contributed by atoms with E-state index in [0.717, 1.165) is 74.7 Å². The molecule has 1 atom stereocenters. The van der Waals surface area contributed by atoms with Crippen LogP contribution in [-0.2, 0) is 9.59 Å². The van der Waals surface area contributed by atoms with Crippen molar-refractivity contribution in [2.24, 2.45) is 16.7 Å². The van der Waals surface area contributed by atoms with Crippen LogP contribution in [0.15, 0.2) is 54.7 Å². The fourth-order valence-corrected chi connectivity index (χ4v) is 10.6. The molecule has 1 saturated carbocycles. The Bertz CT molecular complexity index is 2220. The Morgan fingerprint density at radius 1 is 0.915 bits per heavy atom. The van der Waals surface area contributed by atoms with Gasteiger partial charge in [-0.15, -0.1) is 0 Å². The first kappa shape index (κ1) is 40.5. The van der Waals surface area contributed by atoms with Gasteiger partial charge in [-0.05, 0) is 99.0 Å². The molecule has 0 radical (unpaired) electrons. The predicted molar refractivity (Wildman–Crippen MR) is 220 cm³/mol. The van der Waals surface area contributed by atoms with E-state index in [-0.39, 0.29) is 53.5 Å². The molecule has 3 aromatic rings. The van der Waals surface area contributed by atoms with Gasteiger partial charge in [0, 0.05) is 55.2 Å². The van der Waals surface area contributed by atoms with Gasteiger partial charge in [0.2, 0.25) is 11.8 Å². The maximum absolute atomic E-state index is 13.5. The number of carbonyl (C=O) groups is 5. The van der Waals surface area contributed by atoms with Gasteiger partial charge in [-0.3, -0.25) is 34.2 Å². The number of benzene rings is 2. The maximum Gasteiger partial charge on any atom is 0.262 e. The number of nitrogens with one attached hydrogen (secondary N) is 2. The molecule has 5 amide bonds. The summed E-state index contributed by atoms with van der Waals surface area (Å²) in [5.41, 5.74) is 1.86. The minimum atomic E-state index is -0.965. The normalized spacial score (nSPS) is 24.6. The van der Waals surface area contributed by atoms with Gasteiger partial charge in [0.15, 0.2) is 0 Å². The third-order valence-electron chi connectivity index (χ3n) is 13.4. The number of anilines is 1. The molecule has 13 nitrogen and oxygen atoms in total. The minimum Gasteiger partial charge on any atom is -0.489 e. The zero-order valence-corrected chi connectivity index (χ0v) is 34.7. The number of hydrogen-bond acceptors (Lipinski definition) is 10. The summed E-state index contributed by atoms with van der Waals surface area (Å²) in [4.78, 5) is 74.6. The van der Waals surface area contributed by atoms with E-state index in [1.165, 1.54) is 0 Å². The number of piperidine rings is 3. The third-order valence-corrected chi connectivity index (χ3v) is 13.7. The van der Waals surface area contributed by atoms with Crippen molar-refractivity contribution in [1.29, 1.82) is 5.26 Å². The van der Waals surface area contributed by atoms with E-state index in [2.05, 4.69) is 54.2 Å². The number of pyridine rings is 1. The second-order valence-electron chi connectivity index (χ2n) is 18.0. The number of fused-ring (bicyclic) bond motifs is 1. The van der Waals surface area contributed by atoms with E-state index in [1.54, 1.807) is 30.5 Å². The number of carbonyl (C=O) groups excluding carboxylic acids is 5. The smallest absolute Gasteiger partial charge is 0.262 e. The fraction of sp³-hybridized carbons (Fsp3) is 0.489. The topological polar surface area (TPSA) is 165 Å². The molecule has 1 aliphatic carbocycles. The van der Waals surface area contributed by atoms with Crippen molar-refractivity contribution in [2.45, 2.75) is 90.3 Å². The molecule has 8 rings (SSSR count). The number of hydrogen-bond donors (Lipinski definition) is 2. The van der Waals surface area contributed by atoms with E-state index in [9.17, 15) is 29.2 Å². The summed E-state index contributed by atoms with van der Waals surface area (Å²) in [6.07, 6.45) is 5.73. The molecule has 14 heteroatoms. The van der Waals surface area contributed by atoms with Crippen LogP contribution in [0.25, 0.3) is 0 Å². The van der Waals surface area contributed by atoms with Gasteiger partial charge in [0.05, 0.1) is 27.3 Å². The van der Waals surface area contributed by atoms with Crippen molar-refractivity contribution in [2.75, 3.05) is 37.6 Å². The fourth-order valence-electron chi connectivity index (χ4n) is 10.4. The average Bonchev–Trinajstić information content (AvgIpc) is 3.47. The van der Waals surface area contributed by atoms with Crippen molar-refractivity contribution in [1.82, 2.24) is 25.4 Å². The lowest BCUT2D eigenvalue weighted by molar-refractivity contribution is -0.164. The summed E-state index contributed by atoms with van der Waals surface area (Å²) < 4.78 is 6.37. The summed E-state index contributed by atoms with van der Waals surface area (Å²) in [5, 5.41) is 15.1. The molecule has 3 saturated heterocycles. The molecule has 1 unspecified atom stereocenters. The molecule has 2 aromatic carbocycles. The van der Waals surface area contributed by atoms with E-state index < -0.39 is 23.8 Å². The maximum atomic E-state index is 13.5. The standard InChI is InChI=1S/C45H50ClN7O6/c1-44(2)42(45(3,4)43(44)59-31-8-5-29(23-47)34(46)22-31)50-38(55)30-7-11-36(48-24-30)52-19-13-26(14-20-52)25-51-17-15-27(16-18-51)28-6-9-32-33(21-28)41(58)53(40(32)57)35-10-12-37(54)49-39(35)56/h5-9,11,21-22,24,26-27,35,42-43H,10,12-20,25H2,1-4H3,(H,50,55)(H,49,54,56). The Balaban J connectivity index is 0.789. The van der Waals surface area contributed by atoms with Crippen molar-refractivity contribution in [3.8, 4) is 11.8 Å². The first-order chi connectivity index (χ1) is 28.1. The van der Waals surface area contributed by atoms with Crippen LogP contribution < -0.4 is 20.3 Å². The van der Waals surface area contributed by atoms with Crippen LogP contribution in [0.4, 0.5) is 5.82 Å². The highest BCUT2D eigenvalue weighted by Gasteiger charge is 2.64. The van der Waals surface area contributed by atoms with Crippen molar-refractivity contribution in [3.05, 3.63) is 87.6 Å². The van der Waals surface area contributed by atoms with Crippen LogP contribution in [-0.4, -0.2) is 95.2 Å². The molecule has 0 spiro atoms. The Hall–Kier alpha value is -5.32. The first-order valence-corrected chi connectivity index (χ1v) is 21.0. The number of halogens is 1. The second-order valence-corrected chi connectivity index (χ2v) is 18.4. The van der Waals surface area contributed by atoms with Crippen molar-refractivity contribution in [3.63, 3.8) is 0 Å². The number of rotatable bonds is 9. The molecule has 2 N–H and O–H groups in total. The molecule has 59 heavy (non-hydrogen) atoms. The van der Waals surface area contributed by atoms with Crippen LogP contribution in [0.1, 0.15) is 114 Å². The summed E-state index contributed by atoms with van der Waals surface area (Å²) in [6, 6.07) is 15.3. The van der Waals surface area contributed by atoms with Gasteiger partial charge in [0.1, 0.15) is 29.8 Å². The highest BCUT2D eigenvalue weighted by molar-refractivity contribution is 6.31. The Kier molecular flexibility index (Phi) is 10.8. The number of aromatic nitrogens is 1. The van der Waals surface area contributed by atoms with Crippen LogP contribution in [0.2, 0.25) is 5.02 Å². The molecule has 1 aromatic heterocycles. The van der Waals surface area contributed by atoms with E-state index in [1.807, 2.05) is 24.3 Å². The SMILES string of the molecule is CC1(C)C(NC(=O)c2ccc(N3CCC(CN4CCC(c5ccc6c(c5)C(=O)N(C5CCC(=O)NC5=O)C6=O)CC4)CC3)nc2)C(C)(C)C1Oc1ccc(C#N)c(Cl)c1. The molecule has 308 valence electrons. The average molecular weight is 820 g/mol. The lowest BCUT2D eigenvalue weighted by Crippen LogP contribution is -2.74. The Morgan fingerprint density at radius 2 is 1.63 bits per heavy atom. The summed E-state index contributed by atoms with van der Waals surface area (Å²) in [6.45, 7) is 13.1. The highest BCUT2D eigenvalue weighted by Crippen LogP contribution is 2.55. The van der Waals surface area contributed by atoms with Gasteiger partial charge in [-0.1, -0.05) is 45.4 Å². The highest BCUT2D eigenvalue weighted by atomic mass is 35.5. The zero-order valence-electron chi connectivity index (χ0n) is 33.9. The van der Waals surface area contributed by atoms with Gasteiger partial charge < -0.3 is 19.9 Å². The monoisotopic (exact) mass is 819 g/mol. The largest absolute Gasteiger partial charge is 0.489 e. The molecule has 5 aliphatic rings.